The largest absolute Gasteiger partial charge is 0.494 e. The van der Waals surface area contributed by atoms with E-state index in [-0.39, 0.29) is 23.4 Å². The van der Waals surface area contributed by atoms with Gasteiger partial charge in [0.1, 0.15) is 18.3 Å². The number of carbonyl (C=O) groups excluding carboxylic acids is 2. The van der Waals surface area contributed by atoms with Gasteiger partial charge in [0.15, 0.2) is 0 Å². The fraction of sp³-hybridized carbons (Fsp3) is 0.412. The molecule has 1 N–H and O–H groups in total. The van der Waals surface area contributed by atoms with E-state index in [2.05, 4.69) is 5.32 Å². The molecule has 0 spiro atoms. The summed E-state index contributed by atoms with van der Waals surface area (Å²) in [7, 11) is -4.12. The number of nitrogens with zero attached hydrogens (tertiary/aromatic N) is 2. The van der Waals surface area contributed by atoms with Crippen molar-refractivity contribution in [2.24, 2.45) is 0 Å². The maximum atomic E-state index is 14.3. The summed E-state index contributed by atoms with van der Waals surface area (Å²) in [6, 6.07) is 21.9. The van der Waals surface area contributed by atoms with Crippen LogP contribution in [0.3, 0.4) is 0 Å². The summed E-state index contributed by atoms with van der Waals surface area (Å²) < 4.78 is 34.6. The molecule has 4 rings (SSSR count). The van der Waals surface area contributed by atoms with Crippen molar-refractivity contribution in [2.75, 3.05) is 17.5 Å². The SMILES string of the molecule is CCOc1ccc(N(CC(=O)N(Cc2ccc(C)cc2)[C@H](CC)C(=O)NC2CCCCC2)S(=O)(=O)c2ccccc2)cc1. The maximum absolute atomic E-state index is 14.3. The minimum absolute atomic E-state index is 0.0730. The van der Waals surface area contributed by atoms with Gasteiger partial charge in [0.05, 0.1) is 17.2 Å². The monoisotopic (exact) mass is 605 g/mol. The van der Waals surface area contributed by atoms with Gasteiger partial charge >= 0.3 is 0 Å². The summed E-state index contributed by atoms with van der Waals surface area (Å²) in [6.07, 6.45) is 5.55. The lowest BCUT2D eigenvalue weighted by molar-refractivity contribution is -0.140. The van der Waals surface area contributed by atoms with E-state index in [1.807, 2.05) is 45.0 Å². The minimum Gasteiger partial charge on any atom is -0.494 e. The zero-order valence-corrected chi connectivity index (χ0v) is 26.2. The van der Waals surface area contributed by atoms with Crippen molar-refractivity contribution in [3.05, 3.63) is 90.0 Å². The fourth-order valence-corrected chi connectivity index (χ4v) is 6.91. The van der Waals surface area contributed by atoms with Crippen LogP contribution in [0.25, 0.3) is 0 Å². The van der Waals surface area contributed by atoms with Crippen molar-refractivity contribution in [3.8, 4) is 5.75 Å². The number of amides is 2. The molecule has 1 atom stereocenters. The van der Waals surface area contributed by atoms with Crippen LogP contribution in [-0.2, 0) is 26.2 Å². The van der Waals surface area contributed by atoms with Gasteiger partial charge in [-0.3, -0.25) is 13.9 Å². The van der Waals surface area contributed by atoms with E-state index in [1.54, 1.807) is 42.5 Å². The number of hydrogen-bond acceptors (Lipinski definition) is 5. The van der Waals surface area contributed by atoms with E-state index >= 15 is 0 Å². The number of sulfonamides is 1. The molecular weight excluding hydrogens is 562 g/mol. The van der Waals surface area contributed by atoms with Crippen LogP contribution in [0.4, 0.5) is 5.69 Å². The Morgan fingerprint density at radius 3 is 2.16 bits per heavy atom. The van der Waals surface area contributed by atoms with Gasteiger partial charge in [0, 0.05) is 12.6 Å². The van der Waals surface area contributed by atoms with Crippen LogP contribution in [0, 0.1) is 6.92 Å². The van der Waals surface area contributed by atoms with Crippen LogP contribution in [0.15, 0.2) is 83.8 Å². The molecule has 43 heavy (non-hydrogen) atoms. The summed E-state index contributed by atoms with van der Waals surface area (Å²) >= 11 is 0. The Morgan fingerprint density at radius 2 is 1.56 bits per heavy atom. The van der Waals surface area contributed by atoms with Gasteiger partial charge in [-0.2, -0.15) is 0 Å². The van der Waals surface area contributed by atoms with E-state index in [4.69, 9.17) is 4.74 Å². The number of anilines is 1. The molecule has 3 aromatic carbocycles. The van der Waals surface area contributed by atoms with Gasteiger partial charge in [-0.05, 0) is 75.1 Å². The second-order valence-corrected chi connectivity index (χ2v) is 12.9. The van der Waals surface area contributed by atoms with Crippen LogP contribution in [0.5, 0.6) is 5.75 Å². The second kappa shape index (κ2) is 15.0. The van der Waals surface area contributed by atoms with Crippen LogP contribution in [0.1, 0.15) is 63.5 Å². The highest BCUT2D eigenvalue weighted by Crippen LogP contribution is 2.27. The Hall–Kier alpha value is -3.85. The molecule has 0 radical (unpaired) electrons. The van der Waals surface area contributed by atoms with Gasteiger partial charge in [0.2, 0.25) is 11.8 Å². The summed E-state index contributed by atoms with van der Waals surface area (Å²) in [6.45, 7) is 5.92. The van der Waals surface area contributed by atoms with Crippen LogP contribution in [-0.4, -0.2) is 50.4 Å². The third-order valence-corrected chi connectivity index (χ3v) is 9.64. The molecule has 0 unspecified atom stereocenters. The highest BCUT2D eigenvalue weighted by molar-refractivity contribution is 7.92. The van der Waals surface area contributed by atoms with Crippen LogP contribution < -0.4 is 14.4 Å². The summed E-state index contributed by atoms with van der Waals surface area (Å²) in [5.74, 6) is -0.0610. The Bertz CT molecular complexity index is 1440. The molecule has 0 aliphatic heterocycles. The maximum Gasteiger partial charge on any atom is 0.264 e. The molecule has 3 aromatic rings. The molecule has 1 fully saturated rings. The first-order valence-corrected chi connectivity index (χ1v) is 16.6. The second-order valence-electron chi connectivity index (χ2n) is 11.0. The Kier molecular flexibility index (Phi) is 11.2. The van der Waals surface area contributed by atoms with E-state index in [0.29, 0.717) is 24.5 Å². The Labute approximate surface area is 256 Å². The molecule has 0 heterocycles. The van der Waals surface area contributed by atoms with Crippen molar-refractivity contribution in [1.29, 1.82) is 0 Å². The van der Waals surface area contributed by atoms with Crippen molar-refractivity contribution in [1.82, 2.24) is 10.2 Å². The molecule has 1 aliphatic carbocycles. The number of ether oxygens (including phenoxy) is 1. The van der Waals surface area contributed by atoms with Crippen molar-refractivity contribution in [2.45, 2.75) is 82.8 Å². The number of hydrogen-bond donors (Lipinski definition) is 1. The number of rotatable bonds is 13. The summed E-state index contributed by atoms with van der Waals surface area (Å²) in [5, 5.41) is 3.18. The number of carbonyl (C=O) groups is 2. The van der Waals surface area contributed by atoms with Crippen LogP contribution >= 0.6 is 0 Å². The summed E-state index contributed by atoms with van der Waals surface area (Å²) in [4.78, 5) is 29.5. The van der Waals surface area contributed by atoms with Gasteiger partial charge in [-0.25, -0.2) is 8.42 Å². The van der Waals surface area contributed by atoms with Gasteiger partial charge in [0.25, 0.3) is 10.0 Å². The van der Waals surface area contributed by atoms with Gasteiger partial charge < -0.3 is 15.0 Å². The topological polar surface area (TPSA) is 96.0 Å². The highest BCUT2D eigenvalue weighted by Gasteiger charge is 2.34. The first-order valence-electron chi connectivity index (χ1n) is 15.2. The molecule has 9 heteroatoms. The predicted octanol–water partition coefficient (Wildman–Crippen LogP) is 5.85. The zero-order valence-electron chi connectivity index (χ0n) is 25.4. The summed E-state index contributed by atoms with van der Waals surface area (Å²) in [5.41, 5.74) is 2.27. The van der Waals surface area contributed by atoms with Crippen molar-refractivity contribution >= 4 is 27.5 Å². The number of benzene rings is 3. The lowest BCUT2D eigenvalue weighted by atomic mass is 9.95. The molecule has 1 aliphatic rings. The van der Waals surface area contributed by atoms with Gasteiger partial charge in [-0.15, -0.1) is 0 Å². The number of aryl methyl sites for hydroxylation is 1. The lowest BCUT2D eigenvalue weighted by Gasteiger charge is -2.34. The lowest BCUT2D eigenvalue weighted by Crippen LogP contribution is -2.54. The van der Waals surface area contributed by atoms with E-state index in [9.17, 15) is 18.0 Å². The molecule has 2 amide bonds. The molecule has 0 saturated heterocycles. The first-order chi connectivity index (χ1) is 20.7. The normalized spacial score (nSPS) is 14.5. The molecular formula is C34H43N3O5S. The molecule has 230 valence electrons. The highest BCUT2D eigenvalue weighted by atomic mass is 32.2. The Morgan fingerprint density at radius 1 is 0.907 bits per heavy atom. The average Bonchev–Trinajstić information content (AvgIpc) is 3.02. The average molecular weight is 606 g/mol. The third kappa shape index (κ3) is 8.38. The third-order valence-electron chi connectivity index (χ3n) is 7.86. The van der Waals surface area contributed by atoms with Gasteiger partial charge in [-0.1, -0.05) is 74.2 Å². The van der Waals surface area contributed by atoms with E-state index < -0.39 is 28.5 Å². The standard InChI is InChI=1S/C34H43N3O5S/c1-4-32(34(39)35-28-12-8-6-9-13-28)36(24-27-18-16-26(3)17-19-27)33(38)25-37(29-20-22-30(23-21-29)42-5-2)43(40,41)31-14-10-7-11-15-31/h7,10-11,14-23,28,32H,4-6,8-9,12-13,24-25H2,1-3H3,(H,35,39)/t32-/m1/s1. The minimum atomic E-state index is -4.12. The van der Waals surface area contributed by atoms with E-state index in [0.717, 1.165) is 41.1 Å². The molecule has 0 aromatic heterocycles. The zero-order chi connectivity index (χ0) is 30.8. The molecule has 1 saturated carbocycles. The number of nitrogens with one attached hydrogen (secondary N) is 1. The predicted molar refractivity (Wildman–Crippen MR) is 169 cm³/mol. The first kappa shape index (κ1) is 32.1. The molecule has 8 nitrogen and oxygen atoms in total. The fourth-order valence-electron chi connectivity index (χ4n) is 5.48. The smallest absolute Gasteiger partial charge is 0.264 e. The van der Waals surface area contributed by atoms with Crippen molar-refractivity contribution < 1.29 is 22.7 Å². The van der Waals surface area contributed by atoms with E-state index in [1.165, 1.54) is 23.5 Å². The molecule has 0 bridgehead atoms. The Balaban J connectivity index is 1.69. The van der Waals surface area contributed by atoms with Crippen molar-refractivity contribution in [3.63, 3.8) is 0 Å². The van der Waals surface area contributed by atoms with Crippen LogP contribution in [0.2, 0.25) is 0 Å². The quantitative estimate of drug-likeness (QED) is 0.264.